The Morgan fingerprint density at radius 3 is 2.50 bits per heavy atom. The molecule has 5 heteroatoms. The summed E-state index contributed by atoms with van der Waals surface area (Å²) in [5.41, 5.74) is 3.04. The summed E-state index contributed by atoms with van der Waals surface area (Å²) in [6.45, 7) is 1.95. The summed E-state index contributed by atoms with van der Waals surface area (Å²) in [5.74, 6) is -1.45. The first kappa shape index (κ1) is 14.0. The molecule has 2 aromatic carbocycles. The predicted octanol–water partition coefficient (Wildman–Crippen LogP) is 3.69. The van der Waals surface area contributed by atoms with Gasteiger partial charge in [-0.25, -0.2) is 13.9 Å². The van der Waals surface area contributed by atoms with Crippen molar-refractivity contribution in [1.29, 1.82) is 0 Å². The topological polar surface area (TPSA) is 55.1 Å². The molecule has 3 rings (SSSR count). The maximum atomic E-state index is 13.1. The minimum absolute atomic E-state index is 0.0548. The van der Waals surface area contributed by atoms with Crippen molar-refractivity contribution >= 4 is 5.97 Å². The molecule has 4 nitrogen and oxygen atoms in total. The highest BCUT2D eigenvalue weighted by atomic mass is 19.1. The van der Waals surface area contributed by atoms with Crippen LogP contribution in [-0.2, 0) is 0 Å². The van der Waals surface area contributed by atoms with Gasteiger partial charge < -0.3 is 5.11 Å². The summed E-state index contributed by atoms with van der Waals surface area (Å²) in [7, 11) is 0. The van der Waals surface area contributed by atoms with Gasteiger partial charge in [-0.15, -0.1) is 0 Å². The van der Waals surface area contributed by atoms with E-state index in [0.717, 1.165) is 11.3 Å². The van der Waals surface area contributed by atoms with Gasteiger partial charge in [0.2, 0.25) is 0 Å². The van der Waals surface area contributed by atoms with Gasteiger partial charge >= 0.3 is 5.97 Å². The highest BCUT2D eigenvalue weighted by molar-refractivity contribution is 5.87. The van der Waals surface area contributed by atoms with Gasteiger partial charge in [0.1, 0.15) is 5.82 Å². The average Bonchev–Trinajstić information content (AvgIpc) is 2.93. The lowest BCUT2D eigenvalue weighted by molar-refractivity contribution is 0.0690. The zero-order valence-corrected chi connectivity index (χ0v) is 11.8. The molecule has 1 aromatic heterocycles. The minimum atomic E-state index is -1.10. The summed E-state index contributed by atoms with van der Waals surface area (Å²) < 4.78 is 14.7. The summed E-state index contributed by atoms with van der Waals surface area (Å²) in [6, 6.07) is 14.9. The predicted molar refractivity (Wildman–Crippen MR) is 80.7 cm³/mol. The molecular formula is C17H13FN2O2. The Hall–Kier alpha value is -2.95. The van der Waals surface area contributed by atoms with Crippen molar-refractivity contribution in [2.75, 3.05) is 0 Å². The van der Waals surface area contributed by atoms with E-state index in [1.54, 1.807) is 16.8 Å². The number of rotatable bonds is 3. The Bertz CT molecular complexity index is 838. The first-order chi connectivity index (χ1) is 10.5. The molecule has 0 fully saturated rings. The van der Waals surface area contributed by atoms with E-state index in [9.17, 15) is 14.3 Å². The van der Waals surface area contributed by atoms with E-state index in [1.807, 2.05) is 31.2 Å². The van der Waals surface area contributed by atoms with Gasteiger partial charge in [-0.2, -0.15) is 5.10 Å². The SMILES string of the molecule is Cc1cccc(-n2nc(C(=O)O)cc2-c2ccc(F)cc2)c1. The highest BCUT2D eigenvalue weighted by Crippen LogP contribution is 2.24. The van der Waals surface area contributed by atoms with Gasteiger partial charge in [0, 0.05) is 5.56 Å². The lowest BCUT2D eigenvalue weighted by Crippen LogP contribution is -2.02. The van der Waals surface area contributed by atoms with Gasteiger partial charge in [-0.1, -0.05) is 12.1 Å². The molecule has 22 heavy (non-hydrogen) atoms. The molecule has 1 heterocycles. The molecule has 0 radical (unpaired) electrons. The number of nitrogens with zero attached hydrogens (tertiary/aromatic N) is 2. The average molecular weight is 296 g/mol. The standard InChI is InChI=1S/C17H13FN2O2/c1-11-3-2-4-14(9-11)20-16(10-15(19-20)17(21)22)12-5-7-13(18)8-6-12/h2-10H,1H3,(H,21,22). The number of carbonyl (C=O) groups is 1. The van der Waals surface area contributed by atoms with Crippen LogP contribution in [0.5, 0.6) is 0 Å². The van der Waals surface area contributed by atoms with E-state index < -0.39 is 5.97 Å². The number of hydrogen-bond donors (Lipinski definition) is 1. The van der Waals surface area contributed by atoms with Crippen LogP contribution in [-0.4, -0.2) is 20.9 Å². The van der Waals surface area contributed by atoms with Gasteiger partial charge in [-0.3, -0.25) is 0 Å². The van der Waals surface area contributed by atoms with Crippen LogP contribution in [0, 0.1) is 12.7 Å². The molecule has 0 aliphatic rings. The third-order valence-electron chi connectivity index (χ3n) is 3.31. The lowest BCUT2D eigenvalue weighted by atomic mass is 10.1. The first-order valence-electron chi connectivity index (χ1n) is 6.71. The molecule has 0 aliphatic heterocycles. The van der Waals surface area contributed by atoms with Crippen molar-refractivity contribution in [1.82, 2.24) is 9.78 Å². The highest BCUT2D eigenvalue weighted by Gasteiger charge is 2.16. The van der Waals surface area contributed by atoms with Gasteiger partial charge in [-0.05, 0) is 55.0 Å². The van der Waals surface area contributed by atoms with Crippen molar-refractivity contribution in [3.63, 3.8) is 0 Å². The molecule has 0 unspecified atom stereocenters. The summed E-state index contributed by atoms with van der Waals surface area (Å²) in [5, 5.41) is 13.3. The van der Waals surface area contributed by atoms with Gasteiger partial charge in [0.15, 0.2) is 5.69 Å². The maximum absolute atomic E-state index is 13.1. The summed E-state index contributed by atoms with van der Waals surface area (Å²) >= 11 is 0. The Kier molecular flexibility index (Phi) is 3.47. The number of aromatic carboxylic acids is 1. The second kappa shape index (κ2) is 5.44. The number of carboxylic acid groups (broad SMARTS) is 1. The second-order valence-corrected chi connectivity index (χ2v) is 4.98. The van der Waals surface area contributed by atoms with Crippen molar-refractivity contribution in [2.45, 2.75) is 6.92 Å². The van der Waals surface area contributed by atoms with E-state index in [4.69, 9.17) is 0 Å². The number of hydrogen-bond acceptors (Lipinski definition) is 2. The Labute approximate surface area is 126 Å². The molecule has 0 amide bonds. The number of aromatic nitrogens is 2. The van der Waals surface area contributed by atoms with E-state index in [1.165, 1.54) is 18.2 Å². The van der Waals surface area contributed by atoms with E-state index >= 15 is 0 Å². The lowest BCUT2D eigenvalue weighted by Gasteiger charge is -2.08. The van der Waals surface area contributed by atoms with Crippen molar-refractivity contribution in [3.05, 3.63) is 71.7 Å². The van der Waals surface area contributed by atoms with E-state index in [-0.39, 0.29) is 11.5 Å². The fourth-order valence-corrected chi connectivity index (χ4v) is 2.27. The zero-order chi connectivity index (χ0) is 15.7. The van der Waals surface area contributed by atoms with Crippen molar-refractivity contribution < 1.29 is 14.3 Å². The molecule has 1 N–H and O–H groups in total. The zero-order valence-electron chi connectivity index (χ0n) is 11.8. The second-order valence-electron chi connectivity index (χ2n) is 4.98. The Balaban J connectivity index is 2.20. The number of halogens is 1. The van der Waals surface area contributed by atoms with Crippen LogP contribution in [0.25, 0.3) is 16.9 Å². The summed E-state index contributed by atoms with van der Waals surface area (Å²) in [4.78, 5) is 11.2. The van der Waals surface area contributed by atoms with Crippen LogP contribution in [0.3, 0.4) is 0 Å². The Morgan fingerprint density at radius 1 is 1.14 bits per heavy atom. The van der Waals surface area contributed by atoms with Crippen molar-refractivity contribution in [2.24, 2.45) is 0 Å². The van der Waals surface area contributed by atoms with Crippen LogP contribution in [0.2, 0.25) is 0 Å². The third kappa shape index (κ3) is 2.61. The van der Waals surface area contributed by atoms with Crippen molar-refractivity contribution in [3.8, 4) is 16.9 Å². The monoisotopic (exact) mass is 296 g/mol. The molecule has 0 spiro atoms. The van der Waals surface area contributed by atoms with Crippen LogP contribution in [0.4, 0.5) is 4.39 Å². The molecule has 0 atom stereocenters. The molecule has 3 aromatic rings. The smallest absolute Gasteiger partial charge is 0.356 e. The molecule has 0 saturated carbocycles. The van der Waals surface area contributed by atoms with Crippen LogP contribution in [0.15, 0.2) is 54.6 Å². The molecule has 110 valence electrons. The number of carboxylic acids is 1. The quantitative estimate of drug-likeness (QED) is 0.802. The first-order valence-corrected chi connectivity index (χ1v) is 6.71. The maximum Gasteiger partial charge on any atom is 0.356 e. The fourth-order valence-electron chi connectivity index (χ4n) is 2.27. The minimum Gasteiger partial charge on any atom is -0.476 e. The van der Waals surface area contributed by atoms with Gasteiger partial charge in [0.05, 0.1) is 11.4 Å². The molecule has 0 aliphatic carbocycles. The van der Waals surface area contributed by atoms with E-state index in [2.05, 4.69) is 5.10 Å². The van der Waals surface area contributed by atoms with Gasteiger partial charge in [0.25, 0.3) is 0 Å². The van der Waals surface area contributed by atoms with Crippen LogP contribution < -0.4 is 0 Å². The molecule has 0 saturated heterocycles. The van der Waals surface area contributed by atoms with E-state index in [0.29, 0.717) is 11.3 Å². The fraction of sp³-hybridized carbons (Fsp3) is 0.0588. The largest absolute Gasteiger partial charge is 0.476 e. The van der Waals surface area contributed by atoms with Crippen LogP contribution >= 0.6 is 0 Å². The number of aryl methyl sites for hydroxylation is 1. The molecule has 0 bridgehead atoms. The normalized spacial score (nSPS) is 10.6. The molecular weight excluding hydrogens is 283 g/mol. The Morgan fingerprint density at radius 2 is 1.86 bits per heavy atom. The third-order valence-corrected chi connectivity index (χ3v) is 3.31. The van der Waals surface area contributed by atoms with Crippen LogP contribution in [0.1, 0.15) is 16.1 Å². The number of benzene rings is 2. The summed E-state index contributed by atoms with van der Waals surface area (Å²) in [6.07, 6.45) is 0.